The third-order valence-corrected chi connectivity index (χ3v) is 3.92. The Morgan fingerprint density at radius 2 is 2.06 bits per heavy atom. The van der Waals surface area contributed by atoms with E-state index >= 15 is 0 Å². The summed E-state index contributed by atoms with van der Waals surface area (Å²) in [4.78, 5) is 0. The van der Waals surface area contributed by atoms with Gasteiger partial charge in [0.15, 0.2) is 0 Å². The van der Waals surface area contributed by atoms with E-state index in [0.717, 1.165) is 6.42 Å². The van der Waals surface area contributed by atoms with Gasteiger partial charge in [0.2, 0.25) is 0 Å². The highest BCUT2D eigenvalue weighted by Crippen LogP contribution is 2.34. The molecule has 0 bridgehead atoms. The Bertz CT molecular complexity index is 388. The number of benzene rings is 1. The molecule has 3 heteroatoms. The van der Waals surface area contributed by atoms with Gasteiger partial charge in [-0.25, -0.2) is 4.39 Å². The number of halogens is 1. The first-order valence-electron chi connectivity index (χ1n) is 6.80. The molecular formula is C15H22FNO. The summed E-state index contributed by atoms with van der Waals surface area (Å²) in [7, 11) is 1.56. The van der Waals surface area contributed by atoms with Crippen LogP contribution in [0.4, 0.5) is 4.39 Å². The Morgan fingerprint density at radius 3 is 2.72 bits per heavy atom. The van der Waals surface area contributed by atoms with Crippen molar-refractivity contribution in [2.24, 2.45) is 11.7 Å². The molecule has 1 aliphatic rings. The van der Waals surface area contributed by atoms with Crippen molar-refractivity contribution in [2.45, 2.75) is 44.6 Å². The smallest absolute Gasteiger partial charge is 0.131 e. The number of methoxy groups -OCH3 is 1. The SMILES string of the molecule is COc1cccc(F)c1C(N)CC1CCCCC1. The van der Waals surface area contributed by atoms with Crippen molar-refractivity contribution >= 4 is 0 Å². The zero-order valence-corrected chi connectivity index (χ0v) is 11.0. The molecule has 0 radical (unpaired) electrons. The Kier molecular flexibility index (Phi) is 4.59. The molecule has 1 aliphatic carbocycles. The third-order valence-electron chi connectivity index (χ3n) is 3.92. The maximum atomic E-state index is 13.9. The molecule has 0 spiro atoms. The van der Waals surface area contributed by atoms with Crippen LogP contribution in [-0.4, -0.2) is 7.11 Å². The molecule has 0 aliphatic heterocycles. The van der Waals surface area contributed by atoms with Gasteiger partial charge in [-0.2, -0.15) is 0 Å². The molecule has 0 aromatic heterocycles. The lowest BCUT2D eigenvalue weighted by molar-refractivity contribution is 0.312. The van der Waals surface area contributed by atoms with Crippen LogP contribution < -0.4 is 10.5 Å². The normalized spacial score (nSPS) is 18.6. The Hall–Kier alpha value is -1.09. The first-order valence-corrected chi connectivity index (χ1v) is 6.80. The first kappa shape index (κ1) is 13.3. The van der Waals surface area contributed by atoms with E-state index in [1.807, 2.05) is 0 Å². The molecule has 1 atom stereocenters. The van der Waals surface area contributed by atoms with Gasteiger partial charge in [0.25, 0.3) is 0 Å². The first-order chi connectivity index (χ1) is 8.72. The van der Waals surface area contributed by atoms with Crippen LogP contribution in [0.25, 0.3) is 0 Å². The molecule has 1 unspecified atom stereocenters. The maximum absolute atomic E-state index is 13.9. The Labute approximate surface area is 108 Å². The van der Waals surface area contributed by atoms with Crippen LogP contribution >= 0.6 is 0 Å². The monoisotopic (exact) mass is 251 g/mol. The molecule has 100 valence electrons. The van der Waals surface area contributed by atoms with E-state index in [1.165, 1.54) is 38.2 Å². The van der Waals surface area contributed by atoms with Crippen molar-refractivity contribution in [3.8, 4) is 5.75 Å². The summed E-state index contributed by atoms with van der Waals surface area (Å²) in [5.41, 5.74) is 6.72. The zero-order chi connectivity index (χ0) is 13.0. The molecule has 1 fully saturated rings. The molecule has 1 aromatic carbocycles. The van der Waals surface area contributed by atoms with Gasteiger partial charge in [-0.1, -0.05) is 38.2 Å². The molecule has 18 heavy (non-hydrogen) atoms. The molecule has 1 aromatic rings. The number of hydrogen-bond acceptors (Lipinski definition) is 2. The van der Waals surface area contributed by atoms with Gasteiger partial charge in [0.05, 0.1) is 7.11 Å². The molecule has 0 amide bonds. The van der Waals surface area contributed by atoms with Gasteiger partial charge in [-0.15, -0.1) is 0 Å². The molecule has 0 saturated heterocycles. The van der Waals surface area contributed by atoms with Crippen molar-refractivity contribution in [3.05, 3.63) is 29.6 Å². The molecule has 1 saturated carbocycles. The third kappa shape index (κ3) is 3.02. The molecular weight excluding hydrogens is 229 g/mol. The second-order valence-electron chi connectivity index (χ2n) is 5.20. The minimum Gasteiger partial charge on any atom is -0.496 e. The van der Waals surface area contributed by atoms with E-state index < -0.39 is 0 Å². The highest BCUT2D eigenvalue weighted by molar-refractivity contribution is 5.37. The minimum atomic E-state index is -0.260. The summed E-state index contributed by atoms with van der Waals surface area (Å²) in [6.45, 7) is 0. The van der Waals surface area contributed by atoms with Crippen molar-refractivity contribution in [1.82, 2.24) is 0 Å². The zero-order valence-electron chi connectivity index (χ0n) is 11.0. The van der Waals surface area contributed by atoms with Crippen molar-refractivity contribution in [3.63, 3.8) is 0 Å². The van der Waals surface area contributed by atoms with Gasteiger partial charge in [-0.05, 0) is 24.5 Å². The van der Waals surface area contributed by atoms with E-state index in [2.05, 4.69) is 0 Å². The van der Waals surface area contributed by atoms with Crippen molar-refractivity contribution in [1.29, 1.82) is 0 Å². The van der Waals surface area contributed by atoms with Crippen LogP contribution in [0.3, 0.4) is 0 Å². The van der Waals surface area contributed by atoms with Crippen molar-refractivity contribution in [2.75, 3.05) is 7.11 Å². The summed E-state index contributed by atoms with van der Waals surface area (Å²) in [6, 6.07) is 4.63. The second kappa shape index (κ2) is 6.19. The van der Waals surface area contributed by atoms with E-state index in [4.69, 9.17) is 10.5 Å². The number of nitrogens with two attached hydrogens (primary N) is 1. The van der Waals surface area contributed by atoms with Crippen LogP contribution in [0.1, 0.15) is 50.1 Å². The van der Waals surface area contributed by atoms with E-state index in [1.54, 1.807) is 19.2 Å². The largest absolute Gasteiger partial charge is 0.496 e. The summed E-state index contributed by atoms with van der Waals surface area (Å²) >= 11 is 0. The van der Waals surface area contributed by atoms with Gasteiger partial charge < -0.3 is 10.5 Å². The quantitative estimate of drug-likeness (QED) is 0.883. The maximum Gasteiger partial charge on any atom is 0.131 e. The predicted molar refractivity (Wildman–Crippen MR) is 71.1 cm³/mol. The van der Waals surface area contributed by atoms with Gasteiger partial charge >= 0.3 is 0 Å². The van der Waals surface area contributed by atoms with E-state index in [9.17, 15) is 4.39 Å². The number of hydrogen-bond donors (Lipinski definition) is 1. The fourth-order valence-electron chi connectivity index (χ4n) is 2.95. The highest BCUT2D eigenvalue weighted by Gasteiger charge is 2.22. The molecule has 2 nitrogen and oxygen atoms in total. The average molecular weight is 251 g/mol. The fraction of sp³-hybridized carbons (Fsp3) is 0.600. The fourth-order valence-corrected chi connectivity index (χ4v) is 2.95. The van der Waals surface area contributed by atoms with Crippen LogP contribution in [0, 0.1) is 11.7 Å². The van der Waals surface area contributed by atoms with Crippen molar-refractivity contribution < 1.29 is 9.13 Å². The summed E-state index contributed by atoms with van der Waals surface area (Å²) in [5, 5.41) is 0. The highest BCUT2D eigenvalue weighted by atomic mass is 19.1. The second-order valence-corrected chi connectivity index (χ2v) is 5.20. The summed E-state index contributed by atoms with van der Waals surface area (Å²) in [6.07, 6.45) is 7.21. The topological polar surface area (TPSA) is 35.2 Å². The van der Waals surface area contributed by atoms with E-state index in [-0.39, 0.29) is 11.9 Å². The van der Waals surface area contributed by atoms with Crippen LogP contribution in [0.2, 0.25) is 0 Å². The predicted octanol–water partition coefficient (Wildman–Crippen LogP) is 3.80. The molecule has 2 rings (SSSR count). The number of rotatable bonds is 4. The molecule has 0 heterocycles. The average Bonchev–Trinajstić information content (AvgIpc) is 2.39. The van der Waals surface area contributed by atoms with Gasteiger partial charge in [0.1, 0.15) is 11.6 Å². The van der Waals surface area contributed by atoms with Gasteiger partial charge in [0, 0.05) is 11.6 Å². The Balaban J connectivity index is 2.09. The number of ether oxygens (including phenoxy) is 1. The van der Waals surface area contributed by atoms with Crippen LogP contribution in [0.5, 0.6) is 5.75 Å². The lowest BCUT2D eigenvalue weighted by Crippen LogP contribution is -2.19. The molecule has 2 N–H and O–H groups in total. The minimum absolute atomic E-state index is 0.252. The van der Waals surface area contributed by atoms with E-state index in [0.29, 0.717) is 17.2 Å². The lowest BCUT2D eigenvalue weighted by Gasteiger charge is -2.25. The standard InChI is InChI=1S/C15H22FNO/c1-18-14-9-5-8-12(16)15(14)13(17)10-11-6-3-2-4-7-11/h5,8-9,11,13H,2-4,6-7,10,17H2,1H3. The Morgan fingerprint density at radius 1 is 1.33 bits per heavy atom. The van der Waals surface area contributed by atoms with Crippen LogP contribution in [-0.2, 0) is 0 Å². The van der Waals surface area contributed by atoms with Gasteiger partial charge in [-0.3, -0.25) is 0 Å². The summed E-state index contributed by atoms with van der Waals surface area (Å²) in [5.74, 6) is 0.953. The summed E-state index contributed by atoms with van der Waals surface area (Å²) < 4.78 is 19.1. The van der Waals surface area contributed by atoms with Crippen LogP contribution in [0.15, 0.2) is 18.2 Å². The lowest BCUT2D eigenvalue weighted by atomic mass is 9.83.